The maximum atomic E-state index is 3.47. The van der Waals surface area contributed by atoms with Crippen LogP contribution in [0.2, 0.25) is 0 Å². The summed E-state index contributed by atoms with van der Waals surface area (Å²) in [5, 5.41) is 4.20. The predicted molar refractivity (Wildman–Crippen MR) is 64.5 cm³/mol. The van der Waals surface area contributed by atoms with Crippen LogP contribution in [0.15, 0.2) is 11.6 Å². The van der Waals surface area contributed by atoms with E-state index in [0.29, 0.717) is 6.04 Å². The molecule has 2 heteroatoms. The van der Waals surface area contributed by atoms with Gasteiger partial charge in [0.05, 0.1) is 0 Å². The second-order valence-electron chi connectivity index (χ2n) is 3.79. The van der Waals surface area contributed by atoms with Crippen LogP contribution in [-0.2, 0) is 0 Å². The fourth-order valence-corrected chi connectivity index (χ4v) is 1.93. The Morgan fingerprint density at radius 1 is 1.38 bits per heavy atom. The highest BCUT2D eigenvalue weighted by Gasteiger charge is 2.04. The summed E-state index contributed by atoms with van der Waals surface area (Å²) in [5.74, 6) is 1.18. The van der Waals surface area contributed by atoms with Gasteiger partial charge in [0.2, 0.25) is 0 Å². The highest BCUT2D eigenvalue weighted by molar-refractivity contribution is 7.99. The van der Waals surface area contributed by atoms with Crippen LogP contribution in [0.1, 0.15) is 34.6 Å². The first-order valence-corrected chi connectivity index (χ1v) is 6.11. The van der Waals surface area contributed by atoms with Crippen LogP contribution < -0.4 is 5.32 Å². The molecule has 0 amide bonds. The van der Waals surface area contributed by atoms with Gasteiger partial charge in [0.25, 0.3) is 0 Å². The lowest BCUT2D eigenvalue weighted by atomic mass is 10.2. The van der Waals surface area contributed by atoms with Crippen molar-refractivity contribution in [3.8, 4) is 0 Å². The summed E-state index contributed by atoms with van der Waals surface area (Å²) in [6.07, 6.45) is 2.32. The molecule has 0 aliphatic heterocycles. The molecule has 78 valence electrons. The summed E-state index contributed by atoms with van der Waals surface area (Å²) in [4.78, 5) is 0. The molecule has 0 aromatic carbocycles. The molecule has 13 heavy (non-hydrogen) atoms. The van der Waals surface area contributed by atoms with Crippen molar-refractivity contribution < 1.29 is 0 Å². The van der Waals surface area contributed by atoms with Gasteiger partial charge >= 0.3 is 0 Å². The zero-order valence-corrected chi connectivity index (χ0v) is 10.4. The van der Waals surface area contributed by atoms with Gasteiger partial charge in [0.15, 0.2) is 0 Å². The summed E-state index contributed by atoms with van der Waals surface area (Å²) in [6, 6.07) is 0.544. The first-order valence-electron chi connectivity index (χ1n) is 5.06. The lowest BCUT2D eigenvalue weighted by Gasteiger charge is -2.15. The molecule has 0 fully saturated rings. The molecule has 0 saturated heterocycles. The molecule has 0 rings (SSSR count). The maximum Gasteiger partial charge on any atom is 0.0343 e. The molecule has 0 heterocycles. The number of thioether (sulfide) groups is 1. The topological polar surface area (TPSA) is 12.0 Å². The van der Waals surface area contributed by atoms with Gasteiger partial charge in [0.1, 0.15) is 0 Å². The van der Waals surface area contributed by atoms with Crippen LogP contribution in [0, 0.1) is 0 Å². The van der Waals surface area contributed by atoms with Crippen molar-refractivity contribution in [2.75, 3.05) is 12.3 Å². The van der Waals surface area contributed by atoms with E-state index in [-0.39, 0.29) is 0 Å². The van der Waals surface area contributed by atoms with E-state index in [9.17, 15) is 0 Å². The van der Waals surface area contributed by atoms with E-state index in [1.54, 1.807) is 0 Å². The van der Waals surface area contributed by atoms with Crippen molar-refractivity contribution in [2.24, 2.45) is 0 Å². The average molecular weight is 201 g/mol. The van der Waals surface area contributed by atoms with Gasteiger partial charge in [0, 0.05) is 11.8 Å². The van der Waals surface area contributed by atoms with Crippen LogP contribution in [0.4, 0.5) is 0 Å². The molecule has 0 radical (unpaired) electrons. The summed E-state index contributed by atoms with van der Waals surface area (Å²) in [6.45, 7) is 12.0. The molecule has 0 saturated carbocycles. The third-order valence-electron chi connectivity index (χ3n) is 1.61. The summed E-state index contributed by atoms with van der Waals surface area (Å²) < 4.78 is 0. The van der Waals surface area contributed by atoms with Crippen LogP contribution in [0.5, 0.6) is 0 Å². The Hall–Kier alpha value is 0.0500. The first-order chi connectivity index (χ1) is 6.06. The van der Waals surface area contributed by atoms with Crippen molar-refractivity contribution in [1.82, 2.24) is 5.32 Å². The van der Waals surface area contributed by atoms with E-state index in [1.165, 1.54) is 11.3 Å². The number of hydrogen-bond donors (Lipinski definition) is 1. The molecule has 0 aliphatic carbocycles. The quantitative estimate of drug-likeness (QED) is 0.663. The minimum Gasteiger partial charge on any atom is -0.310 e. The second kappa shape index (κ2) is 7.45. The zero-order valence-electron chi connectivity index (χ0n) is 9.55. The Kier molecular flexibility index (Phi) is 7.48. The monoisotopic (exact) mass is 201 g/mol. The van der Waals surface area contributed by atoms with Gasteiger partial charge in [-0.2, -0.15) is 11.8 Å². The Morgan fingerprint density at radius 2 is 2.00 bits per heavy atom. The van der Waals surface area contributed by atoms with Crippen molar-refractivity contribution >= 4 is 11.8 Å². The van der Waals surface area contributed by atoms with Crippen LogP contribution >= 0.6 is 11.8 Å². The van der Waals surface area contributed by atoms with Crippen molar-refractivity contribution in [2.45, 2.75) is 45.9 Å². The molecule has 1 unspecified atom stereocenters. The van der Waals surface area contributed by atoms with Crippen LogP contribution in [0.25, 0.3) is 0 Å². The maximum absolute atomic E-state index is 3.47. The predicted octanol–water partition coefficient (Wildman–Crippen LogP) is 3.07. The second-order valence-corrected chi connectivity index (χ2v) is 5.40. The minimum atomic E-state index is 0.544. The van der Waals surface area contributed by atoms with E-state index < -0.39 is 0 Å². The molecule has 0 aromatic rings. The number of allylic oxidation sites excluding steroid dienone is 1. The standard InChI is InChI=1S/C11H23NS/c1-6-12-11(7-9(2)3)8-13-10(4)5/h7,10-12H,6,8H2,1-5H3. The van der Waals surface area contributed by atoms with Gasteiger partial charge in [-0.15, -0.1) is 0 Å². The molecule has 0 spiro atoms. The Morgan fingerprint density at radius 3 is 2.38 bits per heavy atom. The molecule has 1 atom stereocenters. The largest absolute Gasteiger partial charge is 0.310 e. The Bertz CT molecular complexity index is 148. The van der Waals surface area contributed by atoms with Gasteiger partial charge < -0.3 is 5.32 Å². The summed E-state index contributed by atoms with van der Waals surface area (Å²) in [5.41, 5.74) is 1.40. The zero-order chi connectivity index (χ0) is 10.3. The smallest absolute Gasteiger partial charge is 0.0343 e. The van der Waals surface area contributed by atoms with Crippen LogP contribution in [0.3, 0.4) is 0 Å². The molecule has 1 nitrogen and oxygen atoms in total. The van der Waals surface area contributed by atoms with Gasteiger partial charge in [-0.25, -0.2) is 0 Å². The van der Waals surface area contributed by atoms with E-state index >= 15 is 0 Å². The number of hydrogen-bond acceptors (Lipinski definition) is 2. The lowest BCUT2D eigenvalue weighted by molar-refractivity contribution is 0.664. The van der Waals surface area contributed by atoms with E-state index in [4.69, 9.17) is 0 Å². The van der Waals surface area contributed by atoms with Crippen molar-refractivity contribution in [1.29, 1.82) is 0 Å². The van der Waals surface area contributed by atoms with E-state index in [0.717, 1.165) is 11.8 Å². The lowest BCUT2D eigenvalue weighted by Crippen LogP contribution is -2.29. The minimum absolute atomic E-state index is 0.544. The normalized spacial score (nSPS) is 13.1. The average Bonchev–Trinajstić information content (AvgIpc) is 1.99. The molecule has 0 aliphatic rings. The molecule has 0 bridgehead atoms. The van der Waals surface area contributed by atoms with Gasteiger partial charge in [-0.3, -0.25) is 0 Å². The highest BCUT2D eigenvalue weighted by atomic mass is 32.2. The Labute approximate surface area is 87.4 Å². The number of rotatable bonds is 6. The van der Waals surface area contributed by atoms with Crippen LogP contribution in [-0.4, -0.2) is 23.6 Å². The highest BCUT2D eigenvalue weighted by Crippen LogP contribution is 2.11. The summed E-state index contributed by atoms with van der Waals surface area (Å²) >= 11 is 2.01. The first kappa shape index (κ1) is 13.1. The fourth-order valence-electron chi connectivity index (χ4n) is 1.13. The van der Waals surface area contributed by atoms with Crippen molar-refractivity contribution in [3.05, 3.63) is 11.6 Å². The van der Waals surface area contributed by atoms with E-state index in [1.807, 2.05) is 11.8 Å². The van der Waals surface area contributed by atoms with E-state index in [2.05, 4.69) is 46.0 Å². The molecular formula is C11H23NS. The molecule has 1 N–H and O–H groups in total. The molecular weight excluding hydrogens is 178 g/mol. The van der Waals surface area contributed by atoms with Gasteiger partial charge in [-0.05, 0) is 25.6 Å². The van der Waals surface area contributed by atoms with Crippen molar-refractivity contribution in [3.63, 3.8) is 0 Å². The summed E-state index contributed by atoms with van der Waals surface area (Å²) in [7, 11) is 0. The number of likely N-dealkylation sites (N-methyl/N-ethyl adjacent to an activating group) is 1. The number of nitrogens with one attached hydrogen (secondary N) is 1. The third-order valence-corrected chi connectivity index (χ3v) is 2.83. The molecule has 0 aromatic heterocycles. The van der Waals surface area contributed by atoms with Gasteiger partial charge in [-0.1, -0.05) is 32.4 Å². The third kappa shape index (κ3) is 8.38. The fraction of sp³-hybridized carbons (Fsp3) is 0.818. The SMILES string of the molecule is CCNC(C=C(C)C)CSC(C)C. The Balaban J connectivity index is 3.87.